The number of rotatable bonds is 4. The third-order valence-electron chi connectivity index (χ3n) is 4.73. The Bertz CT molecular complexity index is 868. The van der Waals surface area contributed by atoms with Gasteiger partial charge in [-0.2, -0.15) is 0 Å². The fourth-order valence-corrected chi connectivity index (χ4v) is 4.51. The quantitative estimate of drug-likeness (QED) is 0.624. The third-order valence-corrected chi connectivity index (χ3v) is 7.26. The SMILES string of the molecule is CCNC(=NCCc1nc2ccccc2[nH]1)N1CCS(=O)(=O)C(C)(C)C1. The summed E-state index contributed by atoms with van der Waals surface area (Å²) < 4.78 is 23.7. The van der Waals surface area contributed by atoms with Crippen LogP contribution in [0.3, 0.4) is 0 Å². The van der Waals surface area contributed by atoms with Gasteiger partial charge in [0.2, 0.25) is 0 Å². The fourth-order valence-electron chi connectivity index (χ4n) is 3.14. The summed E-state index contributed by atoms with van der Waals surface area (Å²) in [6.07, 6.45) is 0.707. The number of para-hydroxylation sites is 2. The zero-order chi connectivity index (χ0) is 18.8. The molecule has 26 heavy (non-hydrogen) atoms. The van der Waals surface area contributed by atoms with E-state index in [0.29, 0.717) is 26.1 Å². The molecule has 1 aliphatic rings. The Balaban J connectivity index is 1.69. The topological polar surface area (TPSA) is 90.4 Å². The number of hydrogen-bond donors (Lipinski definition) is 2. The number of hydrogen-bond acceptors (Lipinski definition) is 4. The average molecular weight is 378 g/mol. The zero-order valence-electron chi connectivity index (χ0n) is 15.6. The van der Waals surface area contributed by atoms with E-state index >= 15 is 0 Å². The van der Waals surface area contributed by atoms with Crippen LogP contribution in [0.25, 0.3) is 11.0 Å². The van der Waals surface area contributed by atoms with Crippen molar-refractivity contribution < 1.29 is 8.42 Å². The predicted octanol–water partition coefficient (Wildman–Crippen LogP) is 1.58. The second-order valence-corrected chi connectivity index (χ2v) is 9.93. The lowest BCUT2D eigenvalue weighted by Crippen LogP contribution is -2.57. The van der Waals surface area contributed by atoms with Crippen molar-refractivity contribution in [3.05, 3.63) is 30.1 Å². The molecule has 1 aromatic carbocycles. The van der Waals surface area contributed by atoms with Crippen molar-refractivity contribution in [1.29, 1.82) is 0 Å². The molecule has 0 aliphatic carbocycles. The van der Waals surface area contributed by atoms with E-state index in [0.717, 1.165) is 29.4 Å². The van der Waals surface area contributed by atoms with Crippen LogP contribution in [0.15, 0.2) is 29.3 Å². The van der Waals surface area contributed by atoms with Gasteiger partial charge < -0.3 is 15.2 Å². The molecule has 0 radical (unpaired) electrons. The van der Waals surface area contributed by atoms with Gasteiger partial charge in [0.1, 0.15) is 5.82 Å². The summed E-state index contributed by atoms with van der Waals surface area (Å²) in [5, 5.41) is 3.28. The molecule has 7 nitrogen and oxygen atoms in total. The average Bonchev–Trinajstić information content (AvgIpc) is 2.99. The molecule has 0 saturated carbocycles. The Morgan fingerprint density at radius 2 is 2.15 bits per heavy atom. The third kappa shape index (κ3) is 3.85. The highest BCUT2D eigenvalue weighted by Crippen LogP contribution is 2.23. The van der Waals surface area contributed by atoms with Crippen LogP contribution in [-0.4, -0.2) is 65.9 Å². The maximum absolute atomic E-state index is 12.2. The van der Waals surface area contributed by atoms with E-state index in [1.807, 2.05) is 36.1 Å². The highest BCUT2D eigenvalue weighted by Gasteiger charge is 2.40. The minimum atomic E-state index is -3.06. The molecule has 2 heterocycles. The molecular formula is C18H27N5O2S. The second kappa shape index (κ2) is 7.26. The summed E-state index contributed by atoms with van der Waals surface area (Å²) in [7, 11) is -3.06. The minimum absolute atomic E-state index is 0.161. The second-order valence-electron chi connectivity index (χ2n) is 7.19. The highest BCUT2D eigenvalue weighted by molar-refractivity contribution is 7.92. The summed E-state index contributed by atoms with van der Waals surface area (Å²) in [4.78, 5) is 14.6. The summed E-state index contributed by atoms with van der Waals surface area (Å²) in [6.45, 7) is 7.84. The minimum Gasteiger partial charge on any atom is -0.357 e. The molecule has 0 amide bonds. The number of nitrogens with zero attached hydrogens (tertiary/aromatic N) is 3. The molecule has 2 aromatic rings. The van der Waals surface area contributed by atoms with Crippen molar-refractivity contribution in [1.82, 2.24) is 20.2 Å². The normalized spacial score (nSPS) is 19.7. The van der Waals surface area contributed by atoms with Gasteiger partial charge in [-0.3, -0.25) is 4.99 Å². The van der Waals surface area contributed by atoms with Crippen LogP contribution in [0.1, 0.15) is 26.6 Å². The number of benzene rings is 1. The first kappa shape index (κ1) is 18.7. The van der Waals surface area contributed by atoms with E-state index in [1.54, 1.807) is 13.8 Å². The fraction of sp³-hybridized carbons (Fsp3) is 0.556. The van der Waals surface area contributed by atoms with E-state index in [1.165, 1.54) is 0 Å². The Labute approximate surface area is 154 Å². The summed E-state index contributed by atoms with van der Waals surface area (Å²) in [5.41, 5.74) is 1.99. The van der Waals surface area contributed by atoms with E-state index in [2.05, 4.69) is 15.3 Å². The van der Waals surface area contributed by atoms with Crippen molar-refractivity contribution in [2.24, 2.45) is 4.99 Å². The van der Waals surface area contributed by atoms with Gasteiger partial charge in [-0.1, -0.05) is 12.1 Å². The molecule has 1 saturated heterocycles. The molecule has 8 heteroatoms. The number of imidazole rings is 1. The van der Waals surface area contributed by atoms with Crippen LogP contribution in [0, 0.1) is 0 Å². The number of aromatic nitrogens is 2. The van der Waals surface area contributed by atoms with Crippen molar-refractivity contribution in [3.63, 3.8) is 0 Å². The van der Waals surface area contributed by atoms with Crippen molar-refractivity contribution in [2.75, 3.05) is 31.9 Å². The van der Waals surface area contributed by atoms with Crippen LogP contribution in [0.4, 0.5) is 0 Å². The Hall–Kier alpha value is -2.09. The van der Waals surface area contributed by atoms with Crippen LogP contribution in [0.5, 0.6) is 0 Å². The van der Waals surface area contributed by atoms with E-state index in [4.69, 9.17) is 4.99 Å². The van der Waals surface area contributed by atoms with Crippen molar-refractivity contribution in [3.8, 4) is 0 Å². The molecule has 142 valence electrons. The first-order chi connectivity index (χ1) is 12.3. The van der Waals surface area contributed by atoms with Gasteiger partial charge in [0, 0.05) is 32.6 Å². The van der Waals surface area contributed by atoms with Crippen LogP contribution < -0.4 is 5.32 Å². The van der Waals surface area contributed by atoms with Crippen LogP contribution >= 0.6 is 0 Å². The molecule has 3 rings (SSSR count). The molecule has 1 fully saturated rings. The van der Waals surface area contributed by atoms with E-state index < -0.39 is 14.6 Å². The number of nitrogens with one attached hydrogen (secondary N) is 2. The molecule has 0 spiro atoms. The molecule has 0 bridgehead atoms. The number of aromatic amines is 1. The highest BCUT2D eigenvalue weighted by atomic mass is 32.2. The molecule has 0 atom stereocenters. The Kier molecular flexibility index (Phi) is 5.22. The lowest BCUT2D eigenvalue weighted by Gasteiger charge is -2.39. The van der Waals surface area contributed by atoms with Crippen LogP contribution in [-0.2, 0) is 16.3 Å². The smallest absolute Gasteiger partial charge is 0.194 e. The first-order valence-electron chi connectivity index (χ1n) is 9.01. The monoisotopic (exact) mass is 377 g/mol. The van der Waals surface area contributed by atoms with Crippen LogP contribution in [0.2, 0.25) is 0 Å². The van der Waals surface area contributed by atoms with Gasteiger partial charge in [0.15, 0.2) is 15.8 Å². The largest absolute Gasteiger partial charge is 0.357 e. The maximum Gasteiger partial charge on any atom is 0.194 e. The molecule has 1 aromatic heterocycles. The standard InChI is InChI=1S/C18H27N5O2S/c1-4-19-17(23-11-12-26(24,25)18(2,3)13-23)20-10-9-16-21-14-7-5-6-8-15(14)22-16/h5-8H,4,9-13H2,1-3H3,(H,19,20)(H,21,22). The van der Waals surface area contributed by atoms with Gasteiger partial charge in [-0.25, -0.2) is 13.4 Å². The maximum atomic E-state index is 12.2. The lowest BCUT2D eigenvalue weighted by molar-refractivity contribution is 0.353. The lowest BCUT2D eigenvalue weighted by atomic mass is 10.2. The van der Waals surface area contributed by atoms with Gasteiger partial charge >= 0.3 is 0 Å². The molecular weight excluding hydrogens is 350 g/mol. The number of H-pyrrole nitrogens is 1. The van der Waals surface area contributed by atoms with Gasteiger partial charge in [-0.15, -0.1) is 0 Å². The number of guanidine groups is 1. The predicted molar refractivity (Wildman–Crippen MR) is 105 cm³/mol. The summed E-state index contributed by atoms with van der Waals surface area (Å²) in [6, 6.07) is 7.95. The van der Waals surface area contributed by atoms with Crippen molar-refractivity contribution in [2.45, 2.75) is 31.9 Å². The number of sulfone groups is 1. The number of fused-ring (bicyclic) bond motifs is 1. The van der Waals surface area contributed by atoms with E-state index in [-0.39, 0.29) is 5.75 Å². The van der Waals surface area contributed by atoms with Crippen molar-refractivity contribution >= 4 is 26.8 Å². The summed E-state index contributed by atoms with van der Waals surface area (Å²) >= 11 is 0. The Morgan fingerprint density at radius 1 is 1.38 bits per heavy atom. The molecule has 1 aliphatic heterocycles. The van der Waals surface area contributed by atoms with Gasteiger partial charge in [0.25, 0.3) is 0 Å². The molecule has 0 unspecified atom stereocenters. The van der Waals surface area contributed by atoms with E-state index in [9.17, 15) is 8.42 Å². The van der Waals surface area contributed by atoms with Gasteiger partial charge in [0.05, 0.1) is 21.5 Å². The first-order valence-corrected chi connectivity index (χ1v) is 10.7. The molecule has 2 N–H and O–H groups in total. The summed E-state index contributed by atoms with van der Waals surface area (Å²) in [5.74, 6) is 1.84. The van der Waals surface area contributed by atoms with Gasteiger partial charge in [-0.05, 0) is 32.9 Å². The zero-order valence-corrected chi connectivity index (χ0v) is 16.4. The number of aliphatic imine (C=N–C) groups is 1. The Morgan fingerprint density at radius 3 is 2.85 bits per heavy atom.